The second-order valence-electron chi connectivity index (χ2n) is 4.31. The lowest BCUT2D eigenvalue weighted by atomic mass is 10.1. The van der Waals surface area contributed by atoms with Crippen molar-refractivity contribution in [3.63, 3.8) is 0 Å². The summed E-state index contributed by atoms with van der Waals surface area (Å²) in [6.45, 7) is 1.23. The molecule has 0 amide bonds. The number of methoxy groups -OCH3 is 1. The molecule has 1 aromatic carbocycles. The number of hydrogen-bond donors (Lipinski definition) is 1. The molecule has 0 aliphatic heterocycles. The summed E-state index contributed by atoms with van der Waals surface area (Å²) in [4.78, 5) is 10.6. The van der Waals surface area contributed by atoms with Gasteiger partial charge in [0.15, 0.2) is 0 Å². The number of rotatable bonds is 10. The molecule has 1 atom stereocenters. The van der Waals surface area contributed by atoms with E-state index in [0.717, 1.165) is 0 Å². The molecule has 22 heavy (non-hydrogen) atoms. The first kappa shape index (κ1) is 19.0. The van der Waals surface area contributed by atoms with E-state index < -0.39 is 17.6 Å². The van der Waals surface area contributed by atoms with Gasteiger partial charge in [-0.25, -0.2) is 5.09 Å². The average molecular weight is 348 g/mol. The average Bonchev–Trinajstić information content (AvgIpc) is 2.46. The maximum atomic E-state index is 11.0. The van der Waals surface area contributed by atoms with Gasteiger partial charge in [0, 0.05) is 4.92 Å². The van der Waals surface area contributed by atoms with Gasteiger partial charge in [-0.2, -0.15) is 0 Å². The number of nitrogens with zero attached hydrogens (tertiary/aromatic N) is 1. The van der Waals surface area contributed by atoms with E-state index in [9.17, 15) is 10.1 Å². The lowest BCUT2D eigenvalue weighted by Gasteiger charge is -2.26. The van der Waals surface area contributed by atoms with Crippen molar-refractivity contribution < 1.29 is 18.7 Å². The van der Waals surface area contributed by atoms with Gasteiger partial charge in [-0.3, -0.25) is 10.1 Å². The van der Waals surface area contributed by atoms with E-state index in [1.807, 2.05) is 0 Å². The largest absolute Gasteiger partial charge is 0.497 e. The van der Waals surface area contributed by atoms with E-state index in [1.54, 1.807) is 45.2 Å². The zero-order valence-electron chi connectivity index (χ0n) is 12.9. The van der Waals surface area contributed by atoms with Crippen LogP contribution in [-0.4, -0.2) is 31.8 Å². The lowest BCUT2D eigenvalue weighted by molar-refractivity contribution is -0.484. The van der Waals surface area contributed by atoms with Crippen LogP contribution in [0, 0.1) is 10.1 Å². The van der Waals surface area contributed by atoms with Crippen LogP contribution in [0.1, 0.15) is 25.5 Å². The Hall–Kier alpha value is -1.05. The summed E-state index contributed by atoms with van der Waals surface area (Å²) in [6, 6.07) is 6.44. The zero-order chi connectivity index (χ0) is 16.6. The van der Waals surface area contributed by atoms with Crippen molar-refractivity contribution in [2.24, 2.45) is 0 Å². The summed E-state index contributed by atoms with van der Waals surface area (Å²) in [5, 5.41) is 14.0. The molecule has 0 aliphatic rings. The van der Waals surface area contributed by atoms with Crippen molar-refractivity contribution >= 4 is 18.4 Å². The van der Waals surface area contributed by atoms with Crippen LogP contribution in [-0.2, 0) is 20.9 Å². The normalized spacial score (nSPS) is 12.9. The maximum Gasteiger partial charge on any atom is 0.261 e. The molecule has 0 saturated carbocycles. The van der Waals surface area contributed by atoms with Gasteiger partial charge in [0.1, 0.15) is 11.8 Å². The lowest BCUT2D eigenvalue weighted by Crippen LogP contribution is -2.27. The Morgan fingerprint density at radius 1 is 1.36 bits per heavy atom. The Morgan fingerprint density at radius 2 is 2.00 bits per heavy atom. The second kappa shape index (κ2) is 9.17. The molecule has 0 bridgehead atoms. The zero-order valence-corrected chi connectivity index (χ0v) is 14.6. The van der Waals surface area contributed by atoms with Crippen molar-refractivity contribution in [1.82, 2.24) is 5.09 Å². The number of hydrogen-bond acceptors (Lipinski definition) is 6. The summed E-state index contributed by atoms with van der Waals surface area (Å²) >= 11 is 5.39. The first-order chi connectivity index (χ1) is 10.4. The van der Waals surface area contributed by atoms with E-state index in [4.69, 9.17) is 25.6 Å². The summed E-state index contributed by atoms with van der Waals surface area (Å²) < 4.78 is 16.2. The molecular formula is C13H21N2O5PS. The molecule has 1 rings (SSSR count). The highest BCUT2D eigenvalue weighted by molar-refractivity contribution is 8.08. The minimum absolute atomic E-state index is 0.328. The van der Waals surface area contributed by atoms with Crippen LogP contribution in [0.2, 0.25) is 0 Å². The number of ether oxygens (including phenoxy) is 1. The summed E-state index contributed by atoms with van der Waals surface area (Å²) in [5.41, 5.74) is 0.699. The van der Waals surface area contributed by atoms with Gasteiger partial charge in [0.25, 0.3) is 6.64 Å². The van der Waals surface area contributed by atoms with Crippen molar-refractivity contribution in [1.29, 1.82) is 0 Å². The molecule has 0 unspecified atom stereocenters. The number of nitro groups is 1. The van der Waals surface area contributed by atoms with Crippen LogP contribution in [0.5, 0.6) is 5.75 Å². The number of benzene rings is 1. The molecule has 0 aromatic heterocycles. The monoisotopic (exact) mass is 348 g/mol. The molecule has 0 fully saturated rings. The Bertz CT molecular complexity index is 533. The first-order valence-electron chi connectivity index (χ1n) is 6.86. The topological polar surface area (TPSA) is 82.9 Å². The second-order valence-corrected chi connectivity index (χ2v) is 7.52. The molecule has 0 radical (unpaired) electrons. The molecule has 1 N–H and O–H groups in total. The van der Waals surface area contributed by atoms with Crippen molar-refractivity contribution in [2.45, 2.75) is 19.9 Å². The highest BCUT2D eigenvalue weighted by Gasteiger charge is 2.27. The van der Waals surface area contributed by atoms with Crippen LogP contribution in [0.15, 0.2) is 24.3 Å². The van der Waals surface area contributed by atoms with Crippen LogP contribution < -0.4 is 9.82 Å². The SMILES string of the molecule is CCOP(=S)(N[C@@H](C[N+](=O)[O-])c1cccc(OC)c1)OCC. The van der Waals surface area contributed by atoms with Gasteiger partial charge in [-0.1, -0.05) is 12.1 Å². The third-order valence-corrected chi connectivity index (χ3v) is 5.51. The van der Waals surface area contributed by atoms with Crippen LogP contribution >= 0.6 is 6.64 Å². The van der Waals surface area contributed by atoms with E-state index in [2.05, 4.69) is 5.09 Å². The molecule has 0 heterocycles. The van der Waals surface area contributed by atoms with Gasteiger partial charge in [-0.05, 0) is 43.4 Å². The van der Waals surface area contributed by atoms with Gasteiger partial charge >= 0.3 is 0 Å². The first-order valence-corrected chi connectivity index (χ1v) is 9.50. The fourth-order valence-electron chi connectivity index (χ4n) is 1.87. The maximum absolute atomic E-state index is 11.0. The van der Waals surface area contributed by atoms with E-state index in [1.165, 1.54) is 0 Å². The quantitative estimate of drug-likeness (QED) is 0.395. The summed E-state index contributed by atoms with van der Waals surface area (Å²) in [7, 11) is 1.54. The third-order valence-electron chi connectivity index (χ3n) is 2.74. The smallest absolute Gasteiger partial charge is 0.261 e. The van der Waals surface area contributed by atoms with E-state index >= 15 is 0 Å². The molecule has 0 spiro atoms. The van der Waals surface area contributed by atoms with Crippen LogP contribution in [0.25, 0.3) is 0 Å². The molecule has 124 valence electrons. The fraction of sp³-hybridized carbons (Fsp3) is 0.538. The van der Waals surface area contributed by atoms with Crippen molar-refractivity contribution in [2.75, 3.05) is 26.9 Å². The van der Waals surface area contributed by atoms with Crippen molar-refractivity contribution in [3.8, 4) is 5.75 Å². The van der Waals surface area contributed by atoms with Crippen LogP contribution in [0.3, 0.4) is 0 Å². The van der Waals surface area contributed by atoms with Gasteiger partial charge in [0.05, 0.1) is 20.3 Å². The standard InChI is InChI=1S/C13H21N2O5PS/c1-4-19-21(22,20-5-2)14-13(10-15(16)17)11-7-6-8-12(9-11)18-3/h6-9,13H,4-5,10H2,1-3H3,(H,14,22)/t13-/m0/s1. The van der Waals surface area contributed by atoms with Crippen LogP contribution in [0.4, 0.5) is 0 Å². The Morgan fingerprint density at radius 3 is 2.50 bits per heavy atom. The minimum atomic E-state index is -2.78. The molecule has 0 saturated heterocycles. The highest BCUT2D eigenvalue weighted by Crippen LogP contribution is 2.46. The van der Waals surface area contributed by atoms with E-state index in [-0.39, 0.29) is 6.54 Å². The van der Waals surface area contributed by atoms with E-state index in [0.29, 0.717) is 24.5 Å². The van der Waals surface area contributed by atoms with Crippen molar-refractivity contribution in [3.05, 3.63) is 39.9 Å². The molecule has 9 heteroatoms. The summed E-state index contributed by atoms with van der Waals surface area (Å²) in [6.07, 6.45) is 0. The Kier molecular flexibility index (Phi) is 7.92. The molecular weight excluding hydrogens is 327 g/mol. The molecule has 7 nitrogen and oxygen atoms in total. The Labute approximate surface area is 135 Å². The fourth-order valence-corrected chi connectivity index (χ4v) is 4.40. The number of nitrogens with one attached hydrogen (secondary N) is 1. The predicted octanol–water partition coefficient (Wildman–Crippen LogP) is 2.90. The Balaban J connectivity index is 3.05. The predicted molar refractivity (Wildman–Crippen MR) is 88.3 cm³/mol. The molecule has 0 aliphatic carbocycles. The third kappa shape index (κ3) is 5.98. The molecule has 1 aromatic rings. The van der Waals surface area contributed by atoms with Gasteiger partial charge in [-0.15, -0.1) is 0 Å². The van der Waals surface area contributed by atoms with Gasteiger partial charge in [0.2, 0.25) is 6.54 Å². The summed E-state index contributed by atoms with van der Waals surface area (Å²) in [5.74, 6) is 0.619. The highest BCUT2D eigenvalue weighted by atomic mass is 32.5. The minimum Gasteiger partial charge on any atom is -0.497 e. The van der Waals surface area contributed by atoms with Gasteiger partial charge < -0.3 is 13.8 Å².